The fourth-order valence-electron chi connectivity index (χ4n) is 0.911. The molecule has 2 heteroatoms. The number of hydrogen-bond acceptors (Lipinski definition) is 1. The first-order valence-corrected chi connectivity index (χ1v) is 6.83. The quantitative estimate of drug-likeness (QED) is 0.591. The second-order valence-corrected chi connectivity index (χ2v) is 6.75. The molecular weight excluding hydrogens is 235 g/mol. The predicted molar refractivity (Wildman–Crippen MR) is 48.1 cm³/mol. The van der Waals surface area contributed by atoms with E-state index in [0.29, 0.717) is 22.5 Å². The molecule has 0 bridgehead atoms. The van der Waals surface area contributed by atoms with Crippen molar-refractivity contribution >= 4 is 37.4 Å². The molecule has 0 spiro atoms. The van der Waals surface area contributed by atoms with Crippen LogP contribution < -0.4 is 3.58 Å². The molecule has 0 saturated heterocycles. The Morgan fingerprint density at radius 1 is 1.11 bits per heavy atom. The van der Waals surface area contributed by atoms with Gasteiger partial charge < -0.3 is 0 Å². The van der Waals surface area contributed by atoms with Gasteiger partial charge in [0.2, 0.25) is 0 Å². The maximum absolute atomic E-state index is 2.24. The number of hydrogen-bond donors (Lipinski definition) is 0. The summed E-state index contributed by atoms with van der Waals surface area (Å²) in [6.45, 7) is 6.69. The van der Waals surface area contributed by atoms with Crippen LogP contribution in [-0.4, -0.2) is 22.5 Å². The Hall–Kier alpha value is 0.499. The van der Waals surface area contributed by atoms with E-state index in [2.05, 4.69) is 20.8 Å². The van der Waals surface area contributed by atoms with E-state index in [1.807, 2.05) is 11.3 Å². The van der Waals surface area contributed by atoms with Gasteiger partial charge in [0.25, 0.3) is 0 Å². The molecule has 1 heterocycles. The Morgan fingerprint density at radius 2 is 1.67 bits per heavy atom. The summed E-state index contributed by atoms with van der Waals surface area (Å²) in [7, 11) is 0. The summed E-state index contributed by atoms with van der Waals surface area (Å²) < 4.78 is 1.68. The molecule has 0 N–H and O–H groups in total. The molecule has 1 aromatic rings. The Balaban J connectivity index is 3.29. The summed E-state index contributed by atoms with van der Waals surface area (Å²) in [5.74, 6) is 0. The molecule has 0 amide bonds. The van der Waals surface area contributed by atoms with Gasteiger partial charge in [-0.3, -0.25) is 0 Å². The number of thiophene rings is 1. The van der Waals surface area contributed by atoms with Crippen molar-refractivity contribution in [2.45, 2.75) is 20.8 Å². The van der Waals surface area contributed by atoms with E-state index in [-0.39, 0.29) is 0 Å². The van der Waals surface area contributed by atoms with Gasteiger partial charge in [0.1, 0.15) is 0 Å². The van der Waals surface area contributed by atoms with E-state index in [4.69, 9.17) is 0 Å². The van der Waals surface area contributed by atoms with Crippen LogP contribution in [0.25, 0.3) is 0 Å². The molecule has 0 atom stereocenters. The van der Waals surface area contributed by atoms with Crippen molar-refractivity contribution in [3.63, 3.8) is 0 Å². The van der Waals surface area contributed by atoms with Crippen LogP contribution in [0.2, 0.25) is 0 Å². The number of rotatable bonds is 0. The van der Waals surface area contributed by atoms with Crippen LogP contribution in [0.15, 0.2) is 0 Å². The summed E-state index contributed by atoms with van der Waals surface area (Å²) in [5, 5.41) is 0. The molecule has 50 valence electrons. The minimum atomic E-state index is 0.708. The van der Waals surface area contributed by atoms with Crippen LogP contribution in [0.1, 0.15) is 15.3 Å². The van der Waals surface area contributed by atoms with Crippen molar-refractivity contribution in [1.82, 2.24) is 0 Å². The fourth-order valence-corrected chi connectivity index (χ4v) is 4.44. The van der Waals surface area contributed by atoms with Crippen molar-refractivity contribution < 1.29 is 0 Å². The van der Waals surface area contributed by atoms with Gasteiger partial charge in [-0.05, 0) is 0 Å². The van der Waals surface area contributed by atoms with E-state index in [0.717, 1.165) is 0 Å². The monoisotopic (exact) mass is 248 g/mol. The van der Waals surface area contributed by atoms with Gasteiger partial charge in [-0.1, -0.05) is 0 Å². The predicted octanol–water partition coefficient (Wildman–Crippen LogP) is 0.664. The van der Waals surface area contributed by atoms with Gasteiger partial charge in [-0.2, -0.15) is 0 Å². The maximum atomic E-state index is 2.24. The molecule has 0 radical (unpaired) electrons. The molecule has 0 aliphatic rings. The molecule has 9 heavy (non-hydrogen) atoms. The van der Waals surface area contributed by atoms with Crippen molar-refractivity contribution in [3.05, 3.63) is 15.3 Å². The van der Waals surface area contributed by atoms with Crippen molar-refractivity contribution in [1.29, 1.82) is 0 Å². The fraction of sp³-hybridized carbons (Fsp3) is 0.429. The second-order valence-electron chi connectivity index (χ2n) is 2.46. The third-order valence-electron chi connectivity index (χ3n) is 1.92. The molecule has 0 nitrogen and oxygen atoms in total. The van der Waals surface area contributed by atoms with Crippen LogP contribution in [0.4, 0.5) is 0 Å². The Morgan fingerprint density at radius 3 is 1.78 bits per heavy atom. The van der Waals surface area contributed by atoms with Gasteiger partial charge in [0.05, 0.1) is 0 Å². The van der Waals surface area contributed by atoms with Crippen LogP contribution in [0.3, 0.4) is 0 Å². The van der Waals surface area contributed by atoms with Crippen molar-refractivity contribution in [2.24, 2.45) is 0 Å². The van der Waals surface area contributed by atoms with Gasteiger partial charge in [0, 0.05) is 0 Å². The summed E-state index contributed by atoms with van der Waals surface area (Å²) in [5.41, 5.74) is 1.56. The van der Waals surface area contributed by atoms with Crippen LogP contribution in [0, 0.1) is 20.8 Å². The molecular formula is C7H12SSn. The van der Waals surface area contributed by atoms with Crippen LogP contribution >= 0.6 is 11.3 Å². The molecule has 0 saturated carbocycles. The Bertz CT molecular complexity index is 203. The topological polar surface area (TPSA) is 0 Å². The molecule has 0 aliphatic carbocycles. The average Bonchev–Trinajstić information content (AvgIpc) is 1.98. The standard InChI is InChI=1S/C7H9S.Sn.3H/c1-5-4-6(2)8-7(5)3;;;;/h1-3H3;;;;. The van der Waals surface area contributed by atoms with Crippen LogP contribution in [-0.2, 0) is 0 Å². The van der Waals surface area contributed by atoms with E-state index in [9.17, 15) is 0 Å². The Labute approximate surface area is 73.4 Å². The zero-order chi connectivity index (χ0) is 7.02. The third-order valence-corrected chi connectivity index (χ3v) is 8.47. The van der Waals surface area contributed by atoms with Crippen LogP contribution in [0.5, 0.6) is 0 Å². The third kappa shape index (κ3) is 1.32. The first-order valence-electron chi connectivity index (χ1n) is 3.16. The molecule has 0 aromatic carbocycles. The summed E-state index contributed by atoms with van der Waals surface area (Å²) in [4.78, 5) is 3.07. The van der Waals surface area contributed by atoms with E-state index in [1.54, 1.807) is 14.0 Å². The van der Waals surface area contributed by atoms with E-state index < -0.39 is 0 Å². The first kappa shape index (κ1) is 7.60. The normalized spacial score (nSPS) is 10.6. The minimum absolute atomic E-state index is 0.708. The average molecular weight is 247 g/mol. The number of aryl methyl sites for hydroxylation is 2. The summed E-state index contributed by atoms with van der Waals surface area (Å²) >= 11 is 2.66. The molecule has 1 aromatic heterocycles. The Kier molecular flexibility index (Phi) is 2.22. The van der Waals surface area contributed by atoms with E-state index in [1.165, 1.54) is 4.88 Å². The molecule has 0 aliphatic heterocycles. The zero-order valence-corrected chi connectivity index (χ0v) is 12.9. The first-order chi connectivity index (χ1) is 4.13. The van der Waals surface area contributed by atoms with Gasteiger partial charge in [-0.15, -0.1) is 0 Å². The molecule has 0 unspecified atom stereocenters. The SMILES string of the molecule is Cc1sc(C)[c]([SnH3])c1C. The van der Waals surface area contributed by atoms with E-state index >= 15 is 0 Å². The van der Waals surface area contributed by atoms with Gasteiger partial charge in [-0.25, -0.2) is 0 Å². The van der Waals surface area contributed by atoms with Gasteiger partial charge >= 0.3 is 73.5 Å². The summed E-state index contributed by atoms with van der Waals surface area (Å²) in [6, 6.07) is 0. The zero-order valence-electron chi connectivity index (χ0n) is 6.41. The molecule has 1 rings (SSSR count). The molecule has 0 fully saturated rings. The second kappa shape index (κ2) is 2.62. The van der Waals surface area contributed by atoms with Crippen molar-refractivity contribution in [2.75, 3.05) is 0 Å². The van der Waals surface area contributed by atoms with Gasteiger partial charge in [0.15, 0.2) is 0 Å². The summed E-state index contributed by atoms with van der Waals surface area (Å²) in [6.07, 6.45) is 0. The van der Waals surface area contributed by atoms with Crippen molar-refractivity contribution in [3.8, 4) is 0 Å².